The third-order valence-electron chi connectivity index (χ3n) is 5.65. The Labute approximate surface area is 168 Å². The second-order valence-corrected chi connectivity index (χ2v) is 11.2. The molecule has 2 fully saturated rings. The van der Waals surface area contributed by atoms with Gasteiger partial charge in [0.25, 0.3) is 0 Å². The van der Waals surface area contributed by atoms with Crippen molar-refractivity contribution in [1.82, 2.24) is 10.2 Å². The van der Waals surface area contributed by atoms with Crippen LogP contribution in [0.15, 0.2) is 24.3 Å². The number of thiophene rings is 1. The molecule has 27 heavy (non-hydrogen) atoms. The molecule has 2 saturated heterocycles. The fourth-order valence-corrected chi connectivity index (χ4v) is 7.28. The van der Waals surface area contributed by atoms with Gasteiger partial charge in [0.05, 0.1) is 23.1 Å². The number of carbonyl (C=O) groups excluding carboxylic acids is 1. The second-order valence-electron chi connectivity index (χ2n) is 7.42. The molecule has 1 aromatic carbocycles. The van der Waals surface area contributed by atoms with Gasteiger partial charge in [-0.3, -0.25) is 9.69 Å². The average molecular weight is 427 g/mol. The number of piperidine rings is 1. The van der Waals surface area contributed by atoms with Crippen LogP contribution >= 0.6 is 22.9 Å². The number of fused-ring (bicyclic) bond motifs is 1. The number of amides is 1. The molecule has 0 spiro atoms. The van der Waals surface area contributed by atoms with E-state index >= 15 is 0 Å². The predicted molar refractivity (Wildman–Crippen MR) is 110 cm³/mol. The lowest BCUT2D eigenvalue weighted by atomic mass is 9.94. The monoisotopic (exact) mass is 426 g/mol. The van der Waals surface area contributed by atoms with Crippen molar-refractivity contribution in [3.05, 3.63) is 34.2 Å². The van der Waals surface area contributed by atoms with Gasteiger partial charge in [0.2, 0.25) is 5.91 Å². The summed E-state index contributed by atoms with van der Waals surface area (Å²) in [7, 11) is -2.86. The number of halogens is 1. The number of nitrogens with one attached hydrogen (secondary N) is 1. The number of hydrogen-bond acceptors (Lipinski definition) is 5. The SMILES string of the molecule is O=C(NCc1sc2ccccc2c1Cl)C1CCN(C2CCS(=O)(=O)C2)CC1. The van der Waals surface area contributed by atoms with Gasteiger partial charge in [-0.15, -0.1) is 11.3 Å². The van der Waals surface area contributed by atoms with Crippen molar-refractivity contribution in [3.63, 3.8) is 0 Å². The van der Waals surface area contributed by atoms with Gasteiger partial charge in [-0.1, -0.05) is 29.8 Å². The van der Waals surface area contributed by atoms with Crippen molar-refractivity contribution < 1.29 is 13.2 Å². The van der Waals surface area contributed by atoms with Gasteiger partial charge < -0.3 is 5.32 Å². The molecule has 0 saturated carbocycles. The first kappa shape index (κ1) is 19.2. The molecule has 1 atom stereocenters. The smallest absolute Gasteiger partial charge is 0.223 e. The standard InChI is InChI=1S/C19H23ClN2O3S2/c20-18-15-3-1-2-4-16(15)26-17(18)11-21-19(23)13-5-8-22(9-6-13)14-7-10-27(24,25)12-14/h1-4,13-14H,5-12H2,(H,21,23). The maximum absolute atomic E-state index is 12.6. The Kier molecular flexibility index (Phi) is 5.47. The molecule has 1 aromatic heterocycles. The average Bonchev–Trinajstić information content (AvgIpc) is 3.19. The van der Waals surface area contributed by atoms with Gasteiger partial charge in [0.15, 0.2) is 9.84 Å². The molecule has 1 unspecified atom stereocenters. The maximum atomic E-state index is 12.6. The van der Waals surface area contributed by atoms with Crippen LogP contribution in [0, 0.1) is 5.92 Å². The molecule has 0 aliphatic carbocycles. The quantitative estimate of drug-likeness (QED) is 0.815. The van der Waals surface area contributed by atoms with E-state index < -0.39 is 9.84 Å². The predicted octanol–water partition coefficient (Wildman–Crippen LogP) is 3.07. The maximum Gasteiger partial charge on any atom is 0.223 e. The van der Waals surface area contributed by atoms with Crippen LogP contribution in [0.3, 0.4) is 0 Å². The number of hydrogen-bond donors (Lipinski definition) is 1. The largest absolute Gasteiger partial charge is 0.351 e. The molecule has 1 amide bonds. The summed E-state index contributed by atoms with van der Waals surface area (Å²) in [5.74, 6) is 0.636. The highest BCUT2D eigenvalue weighted by molar-refractivity contribution is 7.91. The van der Waals surface area contributed by atoms with Crippen molar-refractivity contribution in [1.29, 1.82) is 0 Å². The Morgan fingerprint density at radius 3 is 2.63 bits per heavy atom. The van der Waals surface area contributed by atoms with E-state index in [1.807, 2.05) is 24.3 Å². The van der Waals surface area contributed by atoms with E-state index in [4.69, 9.17) is 11.6 Å². The summed E-state index contributed by atoms with van der Waals surface area (Å²) in [5, 5.41) is 4.81. The highest BCUT2D eigenvalue weighted by Gasteiger charge is 2.35. The summed E-state index contributed by atoms with van der Waals surface area (Å²) in [4.78, 5) is 15.8. The summed E-state index contributed by atoms with van der Waals surface area (Å²) >= 11 is 8.06. The molecule has 2 aliphatic rings. The Hall–Kier alpha value is -1.15. The molecular formula is C19H23ClN2O3S2. The zero-order chi connectivity index (χ0) is 19.0. The molecule has 0 bridgehead atoms. The van der Waals surface area contributed by atoms with E-state index in [-0.39, 0.29) is 23.6 Å². The number of likely N-dealkylation sites (tertiary alicyclic amines) is 1. The fraction of sp³-hybridized carbons (Fsp3) is 0.526. The van der Waals surface area contributed by atoms with Gasteiger partial charge in [0.1, 0.15) is 0 Å². The van der Waals surface area contributed by atoms with E-state index in [1.54, 1.807) is 11.3 Å². The Balaban J connectivity index is 1.30. The first-order chi connectivity index (χ1) is 12.9. The van der Waals surface area contributed by atoms with Gasteiger partial charge >= 0.3 is 0 Å². The summed E-state index contributed by atoms with van der Waals surface area (Å²) < 4.78 is 24.5. The lowest BCUT2D eigenvalue weighted by Crippen LogP contribution is -2.45. The van der Waals surface area contributed by atoms with E-state index in [9.17, 15) is 13.2 Å². The molecule has 0 radical (unpaired) electrons. The van der Waals surface area contributed by atoms with Crippen LogP contribution in [-0.4, -0.2) is 49.9 Å². The zero-order valence-electron chi connectivity index (χ0n) is 15.0. The summed E-state index contributed by atoms with van der Waals surface area (Å²) in [5.41, 5.74) is 0. The van der Waals surface area contributed by atoms with Crippen molar-refractivity contribution in [2.75, 3.05) is 24.6 Å². The van der Waals surface area contributed by atoms with E-state index in [0.29, 0.717) is 12.3 Å². The van der Waals surface area contributed by atoms with Crippen LogP contribution in [0.1, 0.15) is 24.1 Å². The summed E-state index contributed by atoms with van der Waals surface area (Å²) in [6, 6.07) is 8.12. The van der Waals surface area contributed by atoms with Crippen molar-refractivity contribution in [2.24, 2.45) is 5.92 Å². The molecule has 3 heterocycles. The third kappa shape index (κ3) is 4.16. The lowest BCUT2D eigenvalue weighted by Gasteiger charge is -2.34. The van der Waals surface area contributed by atoms with Crippen LogP contribution in [-0.2, 0) is 21.2 Å². The van der Waals surface area contributed by atoms with Crippen LogP contribution in [0.5, 0.6) is 0 Å². The van der Waals surface area contributed by atoms with E-state index in [2.05, 4.69) is 10.2 Å². The van der Waals surface area contributed by atoms with E-state index in [1.165, 1.54) is 0 Å². The first-order valence-electron chi connectivity index (χ1n) is 9.31. The highest BCUT2D eigenvalue weighted by Crippen LogP contribution is 2.35. The van der Waals surface area contributed by atoms with Crippen LogP contribution in [0.2, 0.25) is 5.02 Å². The normalized spacial score (nSPS) is 23.7. The van der Waals surface area contributed by atoms with Crippen LogP contribution in [0.25, 0.3) is 10.1 Å². The number of sulfone groups is 1. The fourth-order valence-electron chi connectivity index (χ4n) is 4.08. The highest BCUT2D eigenvalue weighted by atomic mass is 35.5. The molecule has 4 rings (SSSR count). The van der Waals surface area contributed by atoms with Crippen molar-refractivity contribution in [2.45, 2.75) is 31.8 Å². The first-order valence-corrected chi connectivity index (χ1v) is 12.3. The zero-order valence-corrected chi connectivity index (χ0v) is 17.4. The lowest BCUT2D eigenvalue weighted by molar-refractivity contribution is -0.126. The van der Waals surface area contributed by atoms with Crippen LogP contribution < -0.4 is 5.32 Å². The molecule has 5 nitrogen and oxygen atoms in total. The minimum absolute atomic E-state index is 0.00702. The molecule has 146 valence electrons. The third-order valence-corrected chi connectivity index (χ3v) is 9.11. The van der Waals surface area contributed by atoms with Gasteiger partial charge in [-0.2, -0.15) is 0 Å². The number of rotatable bonds is 4. The Bertz CT molecular complexity index is 949. The summed E-state index contributed by atoms with van der Waals surface area (Å²) in [6.07, 6.45) is 2.29. The van der Waals surface area contributed by atoms with Gasteiger partial charge in [-0.25, -0.2) is 8.42 Å². The van der Waals surface area contributed by atoms with Crippen molar-refractivity contribution >= 4 is 48.8 Å². The van der Waals surface area contributed by atoms with Crippen molar-refractivity contribution in [3.8, 4) is 0 Å². The topological polar surface area (TPSA) is 66.5 Å². The number of carbonyl (C=O) groups is 1. The molecule has 8 heteroatoms. The number of benzene rings is 1. The molecule has 2 aliphatic heterocycles. The Morgan fingerprint density at radius 1 is 1.22 bits per heavy atom. The van der Waals surface area contributed by atoms with Gasteiger partial charge in [-0.05, 0) is 38.4 Å². The molecule has 1 N–H and O–H groups in total. The number of nitrogens with zero attached hydrogens (tertiary/aromatic N) is 1. The minimum Gasteiger partial charge on any atom is -0.351 e. The van der Waals surface area contributed by atoms with Gasteiger partial charge in [0, 0.05) is 26.9 Å². The molecular weight excluding hydrogens is 404 g/mol. The minimum atomic E-state index is -2.86. The Morgan fingerprint density at radius 2 is 1.96 bits per heavy atom. The second kappa shape index (κ2) is 7.70. The van der Waals surface area contributed by atoms with Crippen LogP contribution in [0.4, 0.5) is 0 Å². The summed E-state index contributed by atoms with van der Waals surface area (Å²) in [6.45, 7) is 2.04. The van der Waals surface area contributed by atoms with E-state index in [0.717, 1.165) is 52.3 Å². The molecule has 2 aromatic rings.